The quantitative estimate of drug-likeness (QED) is 0.274. The summed E-state index contributed by atoms with van der Waals surface area (Å²) < 4.78 is 76.1. The monoisotopic (exact) mass is 980 g/mol. The Kier molecular flexibility index (Phi) is 35.5. The van der Waals surface area contributed by atoms with Gasteiger partial charge in [0.25, 0.3) is 11.8 Å². The van der Waals surface area contributed by atoms with E-state index in [0.29, 0.717) is 119 Å². The van der Waals surface area contributed by atoms with Crippen LogP contribution in [0.15, 0.2) is 66.8 Å². The molecule has 19 nitrogen and oxygen atoms in total. The lowest BCUT2D eigenvalue weighted by Crippen LogP contribution is -2.36. The largest absolute Gasteiger partial charge is 0.487 e. The molecule has 1 saturated heterocycles. The van der Waals surface area contributed by atoms with Crippen LogP contribution in [0.3, 0.4) is 0 Å². The van der Waals surface area contributed by atoms with E-state index in [2.05, 4.69) is 23.9 Å². The van der Waals surface area contributed by atoms with E-state index >= 15 is 0 Å². The maximum atomic E-state index is 11.9. The third-order valence-electron chi connectivity index (χ3n) is 10.1. The van der Waals surface area contributed by atoms with Crippen molar-refractivity contribution in [3.05, 3.63) is 72.4 Å². The number of likely N-dealkylation sites (N-methyl/N-ethyl adjacent to an activating group) is 3. The lowest BCUT2D eigenvalue weighted by Gasteiger charge is -2.17. The smallest absolute Gasteiger partial charge is 0.261 e. The summed E-state index contributed by atoms with van der Waals surface area (Å²) in [5.41, 5.74) is 1.14. The number of fused-ring (bicyclic) bond motifs is 2. The molecule has 6 rings (SSSR count). The van der Waals surface area contributed by atoms with Crippen molar-refractivity contribution >= 4 is 11.8 Å². The summed E-state index contributed by atoms with van der Waals surface area (Å²) >= 11 is 0. The van der Waals surface area contributed by atoms with Gasteiger partial charge in [-0.25, -0.2) is 0 Å². The number of rotatable bonds is 0. The van der Waals surface area contributed by atoms with Gasteiger partial charge in [-0.3, -0.25) is 14.5 Å². The fourth-order valence-electron chi connectivity index (χ4n) is 6.10. The number of amides is 2. The van der Waals surface area contributed by atoms with Gasteiger partial charge in [-0.1, -0.05) is 54.7 Å². The summed E-state index contributed by atoms with van der Waals surface area (Å²) in [7, 11) is 5.57. The number of hydrogen-bond donors (Lipinski definition) is 0. The molecule has 1 fully saturated rings. The average Bonchev–Trinajstić information content (AvgIpc) is 3.51. The fraction of sp³-hybridized carbons (Fsp3) is 0.680. The number of likely N-dealkylation sites (tertiary alicyclic amines) is 1. The van der Waals surface area contributed by atoms with Crippen LogP contribution in [0.1, 0.15) is 5.56 Å². The van der Waals surface area contributed by atoms with Crippen LogP contribution >= 0.6 is 0 Å². The first-order valence-corrected chi connectivity index (χ1v) is 24.0. The molecule has 2 atom stereocenters. The van der Waals surface area contributed by atoms with Crippen LogP contribution in [-0.2, 0) is 66.4 Å². The zero-order chi connectivity index (χ0) is 49.3. The van der Waals surface area contributed by atoms with Crippen molar-refractivity contribution in [3.8, 4) is 11.5 Å². The van der Waals surface area contributed by atoms with Crippen LogP contribution in [0.4, 0.5) is 0 Å². The summed E-state index contributed by atoms with van der Waals surface area (Å²) in [5.74, 6) is 0.749. The van der Waals surface area contributed by atoms with E-state index in [-0.39, 0.29) is 25.0 Å². The van der Waals surface area contributed by atoms with E-state index in [1.807, 2.05) is 73.7 Å². The van der Waals surface area contributed by atoms with Crippen molar-refractivity contribution in [2.45, 2.75) is 19.1 Å². The summed E-state index contributed by atoms with van der Waals surface area (Å²) in [6.07, 6.45) is 13.8. The average molecular weight is 980 g/mol. The third-order valence-corrected chi connectivity index (χ3v) is 10.1. The minimum atomic E-state index is -0.894. The third kappa shape index (κ3) is 30.0. The van der Waals surface area contributed by atoms with Crippen LogP contribution in [0.2, 0.25) is 0 Å². The Bertz CT molecular complexity index is 1510. The van der Waals surface area contributed by atoms with E-state index in [9.17, 15) is 9.59 Å². The molecule has 69 heavy (non-hydrogen) atoms. The van der Waals surface area contributed by atoms with Gasteiger partial charge in [0.05, 0.1) is 145 Å². The Morgan fingerprint density at radius 2 is 0.681 bits per heavy atom. The first-order valence-electron chi connectivity index (χ1n) is 24.0. The van der Waals surface area contributed by atoms with Gasteiger partial charge in [0.2, 0.25) is 0 Å². The number of benzene rings is 1. The van der Waals surface area contributed by atoms with Crippen molar-refractivity contribution in [2.24, 2.45) is 0 Å². The SMILES string of the molecule is CN1C(=O)C2OCCOC/C=C\COCCOC2C1=O.CN1CCOC/C=C\COCC1.CN1CCOCCOC/C=C\COCCOCC1.Cc1ccc2c(c1)OCCOC/C=C\COCCO2. The van der Waals surface area contributed by atoms with Crippen LogP contribution < -0.4 is 9.47 Å². The number of hydrogen-bond acceptors (Lipinski definition) is 18. The minimum Gasteiger partial charge on any atom is -0.487 e. The molecule has 2 unspecified atom stereocenters. The molecule has 0 spiro atoms. The van der Waals surface area contributed by atoms with E-state index in [1.54, 1.807) is 0 Å². The van der Waals surface area contributed by atoms with Crippen molar-refractivity contribution < 1.29 is 75.9 Å². The Balaban J connectivity index is 0.000000247. The topological polar surface area (TPSA) is 173 Å². The molecule has 1 aromatic rings. The number of carbonyl (C=O) groups is 2. The Morgan fingerprint density at radius 1 is 0.377 bits per heavy atom. The van der Waals surface area contributed by atoms with E-state index in [1.165, 1.54) is 7.05 Å². The van der Waals surface area contributed by atoms with E-state index in [4.69, 9.17) is 66.3 Å². The summed E-state index contributed by atoms with van der Waals surface area (Å²) in [4.78, 5) is 29.3. The number of nitrogens with zero attached hydrogens (tertiary/aromatic N) is 3. The molecule has 5 heterocycles. The molecule has 0 aliphatic carbocycles. The maximum Gasteiger partial charge on any atom is 0.261 e. The highest BCUT2D eigenvalue weighted by atomic mass is 16.6. The summed E-state index contributed by atoms with van der Waals surface area (Å²) in [6, 6.07) is 5.91. The summed E-state index contributed by atoms with van der Waals surface area (Å²) in [5, 5.41) is 0. The second kappa shape index (κ2) is 41.0. The van der Waals surface area contributed by atoms with Gasteiger partial charge in [0.1, 0.15) is 13.2 Å². The first kappa shape index (κ1) is 59.7. The highest BCUT2D eigenvalue weighted by Crippen LogP contribution is 2.28. The molecule has 1 aromatic carbocycles. The molecule has 0 aromatic heterocycles. The van der Waals surface area contributed by atoms with Gasteiger partial charge in [0.15, 0.2) is 23.7 Å². The molecule has 19 heteroatoms. The highest BCUT2D eigenvalue weighted by Gasteiger charge is 2.47. The Hall–Kier alpha value is -3.64. The fourth-order valence-corrected chi connectivity index (χ4v) is 6.10. The minimum absolute atomic E-state index is 0.238. The normalized spacial score (nSPS) is 25.7. The molecule has 0 saturated carbocycles. The highest BCUT2D eigenvalue weighted by molar-refractivity contribution is 6.07. The van der Waals surface area contributed by atoms with E-state index in [0.717, 1.165) is 74.6 Å². The predicted molar refractivity (Wildman–Crippen MR) is 259 cm³/mol. The van der Waals surface area contributed by atoms with Gasteiger partial charge in [-0.05, 0) is 38.7 Å². The molecular formula is C50H81N3O16. The van der Waals surface area contributed by atoms with E-state index < -0.39 is 12.2 Å². The van der Waals surface area contributed by atoms with Crippen molar-refractivity contribution in [2.75, 3.05) is 206 Å². The second-order valence-corrected chi connectivity index (χ2v) is 15.8. The number of ether oxygens (including phenoxy) is 14. The van der Waals surface area contributed by atoms with Crippen molar-refractivity contribution in [1.29, 1.82) is 0 Å². The molecule has 5 aliphatic heterocycles. The molecule has 0 radical (unpaired) electrons. The standard InChI is InChI=1S/C15H20O4.C13H19NO6.C13H25NO4.C9H17NO2/c1-13-4-5-14-15(12-13)19-11-9-17-7-3-2-6-16-8-10-18-14;1-14-12(15)10-11(13(14)16)20-9-7-18-5-3-2-4-17-6-8-19-10;1-14-4-8-17-12-10-15-6-2-3-7-16-11-13-18-9-5-14;1-10-4-8-11-6-2-3-7-12-9-5-10/h2-5,12H,6-11H2,1H3;2-3,10-11H,4-9H2,1H3;2-3H,4-13H2,1H3;2-3H,4-9H2,1H3/b4*3-2-. The van der Waals surface area contributed by atoms with Gasteiger partial charge in [0, 0.05) is 33.2 Å². The molecular weight excluding hydrogens is 899 g/mol. The lowest BCUT2D eigenvalue weighted by molar-refractivity contribution is -0.142. The van der Waals surface area contributed by atoms with Gasteiger partial charge in [-0.2, -0.15) is 0 Å². The Morgan fingerprint density at radius 3 is 1.07 bits per heavy atom. The van der Waals surface area contributed by atoms with Gasteiger partial charge >= 0.3 is 0 Å². The van der Waals surface area contributed by atoms with Crippen LogP contribution in [-0.4, -0.2) is 245 Å². The Labute approximate surface area is 410 Å². The number of carbonyl (C=O) groups excluding carboxylic acids is 2. The molecule has 0 N–H and O–H groups in total. The summed E-state index contributed by atoms with van der Waals surface area (Å²) in [6.45, 7) is 19.5. The van der Waals surface area contributed by atoms with Gasteiger partial charge < -0.3 is 76.1 Å². The second-order valence-electron chi connectivity index (χ2n) is 15.8. The zero-order valence-corrected chi connectivity index (χ0v) is 41.7. The predicted octanol–water partition coefficient (Wildman–Crippen LogP) is 2.79. The lowest BCUT2D eigenvalue weighted by atomic mass is 10.2. The first-order chi connectivity index (χ1) is 33.9. The zero-order valence-electron chi connectivity index (χ0n) is 41.7. The number of imide groups is 1. The van der Waals surface area contributed by atoms with Crippen LogP contribution in [0, 0.1) is 6.92 Å². The molecule has 5 aliphatic rings. The van der Waals surface area contributed by atoms with Gasteiger partial charge in [-0.15, -0.1) is 0 Å². The molecule has 0 bridgehead atoms. The molecule has 2 amide bonds. The van der Waals surface area contributed by atoms with Crippen LogP contribution in [0.5, 0.6) is 11.5 Å². The maximum absolute atomic E-state index is 11.9. The number of aryl methyl sites for hydroxylation is 1. The van der Waals surface area contributed by atoms with Crippen molar-refractivity contribution in [1.82, 2.24) is 14.7 Å². The van der Waals surface area contributed by atoms with Crippen LogP contribution in [0.25, 0.3) is 0 Å². The van der Waals surface area contributed by atoms with Crippen molar-refractivity contribution in [3.63, 3.8) is 0 Å². The molecule has 392 valence electrons.